The average molecular weight is 455 g/mol. The number of nitrogens with zero attached hydrogens (tertiary/aromatic N) is 4. The molecule has 2 aromatic heterocycles. The molecule has 32 heavy (non-hydrogen) atoms. The van der Waals surface area contributed by atoms with Crippen LogP contribution >= 0.6 is 0 Å². The Labute approximate surface area is 176 Å². The van der Waals surface area contributed by atoms with E-state index in [4.69, 9.17) is 11.0 Å². The highest BCUT2D eigenvalue weighted by atomic mass is 19.4. The number of benzene rings is 1. The van der Waals surface area contributed by atoms with E-state index in [1.54, 1.807) is 0 Å². The van der Waals surface area contributed by atoms with Gasteiger partial charge in [-0.15, -0.1) is 0 Å². The molecule has 6 nitrogen and oxygen atoms in total. The maximum absolute atomic E-state index is 14.4. The molecule has 1 saturated carbocycles. The van der Waals surface area contributed by atoms with Crippen molar-refractivity contribution >= 4 is 10.9 Å². The van der Waals surface area contributed by atoms with E-state index >= 15 is 0 Å². The van der Waals surface area contributed by atoms with Crippen LogP contribution in [-0.4, -0.2) is 20.5 Å². The first-order valence-electron chi connectivity index (χ1n) is 9.36. The number of alkyl halides is 6. The highest BCUT2D eigenvalue weighted by Crippen LogP contribution is 2.45. The fourth-order valence-corrected chi connectivity index (χ4v) is 3.87. The number of pyridine rings is 1. The van der Waals surface area contributed by atoms with E-state index in [1.807, 2.05) is 0 Å². The van der Waals surface area contributed by atoms with Crippen LogP contribution in [0.5, 0.6) is 0 Å². The first-order chi connectivity index (χ1) is 14.8. The Kier molecular flexibility index (Phi) is 4.67. The molecule has 4 rings (SSSR count). The van der Waals surface area contributed by atoms with Crippen LogP contribution < -0.4 is 11.3 Å². The standard InChI is InChI=1S/C20H15F6N5O/c1-30-16(13-6-7-31(12-3-4-12)17(32)15(13)29-30)18(28,20(24,25)26)11-2-5-14(19(21,22)23)10(8-11)9-27/h2,5-8,12H,3-4,28H2,1H3/t18-/m1/s1. The number of hydrogen-bond donors (Lipinski definition) is 1. The highest BCUT2D eigenvalue weighted by molar-refractivity contribution is 5.82. The molecular formula is C20H15F6N5O. The summed E-state index contributed by atoms with van der Waals surface area (Å²) in [7, 11) is 1.17. The van der Waals surface area contributed by atoms with Gasteiger partial charge in [0.15, 0.2) is 11.1 Å². The molecule has 0 spiro atoms. The van der Waals surface area contributed by atoms with Gasteiger partial charge in [-0.05, 0) is 36.6 Å². The molecule has 0 radical (unpaired) electrons. The topological polar surface area (TPSA) is 89.6 Å². The minimum absolute atomic E-state index is 0.0456. The van der Waals surface area contributed by atoms with E-state index < -0.39 is 45.8 Å². The monoisotopic (exact) mass is 455 g/mol. The number of nitriles is 1. The molecule has 2 N–H and O–H groups in total. The van der Waals surface area contributed by atoms with Gasteiger partial charge in [-0.25, -0.2) is 0 Å². The molecule has 12 heteroatoms. The van der Waals surface area contributed by atoms with Gasteiger partial charge in [0.25, 0.3) is 5.56 Å². The lowest BCUT2D eigenvalue weighted by atomic mass is 9.83. The Balaban J connectivity index is 2.01. The van der Waals surface area contributed by atoms with E-state index in [9.17, 15) is 31.1 Å². The fourth-order valence-electron chi connectivity index (χ4n) is 3.87. The molecule has 1 aromatic carbocycles. The van der Waals surface area contributed by atoms with Crippen molar-refractivity contribution in [1.82, 2.24) is 14.3 Å². The number of halogens is 6. The maximum atomic E-state index is 14.4. The summed E-state index contributed by atoms with van der Waals surface area (Å²) in [6.45, 7) is 0. The molecule has 1 atom stereocenters. The van der Waals surface area contributed by atoms with Gasteiger partial charge >= 0.3 is 12.4 Å². The smallest absolute Gasteiger partial charge is 0.311 e. The van der Waals surface area contributed by atoms with Crippen LogP contribution in [0.2, 0.25) is 0 Å². The van der Waals surface area contributed by atoms with Crippen LogP contribution in [0.25, 0.3) is 10.9 Å². The number of aryl methyl sites for hydroxylation is 1. The van der Waals surface area contributed by atoms with E-state index in [1.165, 1.54) is 29.9 Å². The van der Waals surface area contributed by atoms with Crippen molar-refractivity contribution in [2.45, 2.75) is 36.8 Å². The number of nitrogens with two attached hydrogens (primary N) is 1. The SMILES string of the molecule is Cn1nc2c(=O)n(C3CC3)ccc2c1[C@](N)(c1ccc(C(F)(F)F)c(C#N)c1)C(F)(F)F. The van der Waals surface area contributed by atoms with Crippen molar-refractivity contribution < 1.29 is 26.3 Å². The normalized spacial score (nSPS) is 16.7. The van der Waals surface area contributed by atoms with Crippen molar-refractivity contribution in [3.8, 4) is 6.07 Å². The Hall–Kier alpha value is -3.33. The van der Waals surface area contributed by atoms with Crippen molar-refractivity contribution in [3.63, 3.8) is 0 Å². The van der Waals surface area contributed by atoms with Gasteiger partial charge < -0.3 is 10.3 Å². The summed E-state index contributed by atoms with van der Waals surface area (Å²) in [6, 6.07) is 3.97. The largest absolute Gasteiger partial charge is 0.417 e. The summed E-state index contributed by atoms with van der Waals surface area (Å²) in [5, 5.41) is 12.9. The van der Waals surface area contributed by atoms with Gasteiger partial charge in [-0.3, -0.25) is 9.48 Å². The molecular weight excluding hydrogens is 440 g/mol. The lowest BCUT2D eigenvalue weighted by molar-refractivity contribution is -0.178. The van der Waals surface area contributed by atoms with Crippen LogP contribution in [0.4, 0.5) is 26.3 Å². The number of rotatable bonds is 3. The lowest BCUT2D eigenvalue weighted by Gasteiger charge is -2.33. The first-order valence-corrected chi connectivity index (χ1v) is 9.36. The Morgan fingerprint density at radius 3 is 2.34 bits per heavy atom. The first kappa shape index (κ1) is 21.9. The van der Waals surface area contributed by atoms with Crippen LogP contribution in [0.3, 0.4) is 0 Å². The summed E-state index contributed by atoms with van der Waals surface area (Å²) < 4.78 is 84.8. The van der Waals surface area contributed by atoms with Crippen molar-refractivity contribution in [2.24, 2.45) is 12.8 Å². The van der Waals surface area contributed by atoms with Crippen molar-refractivity contribution in [2.75, 3.05) is 0 Å². The quantitative estimate of drug-likeness (QED) is 0.610. The Morgan fingerprint density at radius 2 is 1.81 bits per heavy atom. The minimum atomic E-state index is -5.20. The fraction of sp³-hybridized carbons (Fsp3) is 0.350. The third-order valence-electron chi connectivity index (χ3n) is 5.58. The van der Waals surface area contributed by atoms with Gasteiger partial charge in [0, 0.05) is 24.7 Å². The van der Waals surface area contributed by atoms with Gasteiger partial charge in [-0.1, -0.05) is 6.07 Å². The molecule has 1 aliphatic rings. The van der Waals surface area contributed by atoms with E-state index in [0.717, 1.165) is 17.5 Å². The zero-order valence-electron chi connectivity index (χ0n) is 16.4. The summed E-state index contributed by atoms with van der Waals surface area (Å²) in [5.74, 6) is 0. The second-order valence-corrected chi connectivity index (χ2v) is 7.67. The third kappa shape index (κ3) is 3.15. The van der Waals surface area contributed by atoms with Crippen molar-refractivity contribution in [3.05, 3.63) is 63.2 Å². The molecule has 0 aliphatic heterocycles. The lowest BCUT2D eigenvalue weighted by Crippen LogP contribution is -2.52. The molecule has 2 heterocycles. The number of hydrogen-bond acceptors (Lipinski definition) is 4. The predicted molar refractivity (Wildman–Crippen MR) is 100 cm³/mol. The predicted octanol–water partition coefficient (Wildman–Crippen LogP) is 3.72. The zero-order valence-corrected chi connectivity index (χ0v) is 16.4. The molecule has 0 unspecified atom stereocenters. The number of aromatic nitrogens is 3. The zero-order chi connectivity index (χ0) is 23.6. The second kappa shape index (κ2) is 6.83. The third-order valence-corrected chi connectivity index (χ3v) is 5.58. The molecule has 1 fully saturated rings. The summed E-state index contributed by atoms with van der Waals surface area (Å²) >= 11 is 0. The molecule has 1 aliphatic carbocycles. The average Bonchev–Trinajstić information content (AvgIpc) is 3.47. The Morgan fingerprint density at radius 1 is 1.16 bits per heavy atom. The van der Waals surface area contributed by atoms with Crippen molar-refractivity contribution in [1.29, 1.82) is 5.26 Å². The minimum Gasteiger partial charge on any atom is -0.311 e. The molecule has 0 saturated heterocycles. The molecule has 168 valence electrons. The van der Waals surface area contributed by atoms with Gasteiger partial charge in [0.05, 0.1) is 22.9 Å². The van der Waals surface area contributed by atoms with Crippen LogP contribution in [0, 0.1) is 11.3 Å². The van der Waals surface area contributed by atoms with Gasteiger partial charge in [0.1, 0.15) is 0 Å². The van der Waals surface area contributed by atoms with E-state index in [2.05, 4.69) is 5.10 Å². The molecule has 3 aromatic rings. The van der Waals surface area contributed by atoms with Gasteiger partial charge in [0.2, 0.25) is 0 Å². The second-order valence-electron chi connectivity index (χ2n) is 7.67. The van der Waals surface area contributed by atoms with Crippen LogP contribution in [-0.2, 0) is 18.8 Å². The highest BCUT2D eigenvalue weighted by Gasteiger charge is 2.57. The molecule has 0 bridgehead atoms. The summed E-state index contributed by atoms with van der Waals surface area (Å²) in [5.41, 5.74) is -2.06. The van der Waals surface area contributed by atoms with Gasteiger partial charge in [-0.2, -0.15) is 36.7 Å². The number of fused-ring (bicyclic) bond motifs is 1. The summed E-state index contributed by atoms with van der Waals surface area (Å²) in [4.78, 5) is 12.7. The van der Waals surface area contributed by atoms with E-state index in [-0.39, 0.29) is 16.9 Å². The maximum Gasteiger partial charge on any atom is 0.417 e. The Bertz CT molecular complexity index is 1330. The van der Waals surface area contributed by atoms with Crippen LogP contribution in [0.15, 0.2) is 35.3 Å². The van der Waals surface area contributed by atoms with Crippen LogP contribution in [0.1, 0.15) is 41.3 Å². The molecule has 0 amide bonds. The summed E-state index contributed by atoms with van der Waals surface area (Å²) in [6.07, 6.45) is -7.26. The van der Waals surface area contributed by atoms with E-state index in [0.29, 0.717) is 18.2 Å².